The Balaban J connectivity index is 1.90. The quantitative estimate of drug-likeness (QED) is 0.931. The minimum atomic E-state index is -0.513. The van der Waals surface area contributed by atoms with Gasteiger partial charge in [0.05, 0.1) is 18.0 Å². The Morgan fingerprint density at radius 3 is 2.91 bits per heavy atom. The Kier molecular flexibility index (Phi) is 4.39. The smallest absolute Gasteiger partial charge is 0.234 e. The zero-order valence-electron chi connectivity index (χ0n) is 12.9. The molecule has 4 nitrogen and oxygen atoms in total. The molecule has 2 heterocycles. The van der Waals surface area contributed by atoms with Crippen molar-refractivity contribution < 1.29 is 13.6 Å². The van der Waals surface area contributed by atoms with E-state index in [1.807, 2.05) is 13.8 Å². The zero-order valence-corrected chi connectivity index (χ0v) is 13.7. The number of aromatic nitrogens is 2. The number of hydrogen-bond donors (Lipinski definition) is 1. The number of thioether (sulfide) groups is 1. The van der Waals surface area contributed by atoms with Gasteiger partial charge in [0, 0.05) is 17.7 Å². The van der Waals surface area contributed by atoms with E-state index >= 15 is 0 Å². The van der Waals surface area contributed by atoms with Crippen molar-refractivity contribution in [2.45, 2.75) is 32.2 Å². The molecule has 23 heavy (non-hydrogen) atoms. The highest BCUT2D eigenvalue weighted by atomic mass is 32.2. The fourth-order valence-electron chi connectivity index (χ4n) is 2.65. The Morgan fingerprint density at radius 1 is 1.43 bits per heavy atom. The van der Waals surface area contributed by atoms with Gasteiger partial charge in [-0.15, -0.1) is 11.8 Å². The summed E-state index contributed by atoms with van der Waals surface area (Å²) in [7, 11) is 0. The molecular formula is C16H17F2N3OS. The molecule has 0 radical (unpaired) electrons. The SMILES string of the molecule is CCc1nc(C2SCC(=O)N2Cc2cc(F)ccc2F)c(C)[nH]1. The number of benzene rings is 1. The number of hydrogen-bond acceptors (Lipinski definition) is 3. The van der Waals surface area contributed by atoms with Crippen LogP contribution in [-0.4, -0.2) is 26.5 Å². The highest BCUT2D eigenvalue weighted by Gasteiger charge is 2.35. The second-order valence-corrected chi connectivity index (χ2v) is 6.54. The lowest BCUT2D eigenvalue weighted by Crippen LogP contribution is -2.28. The van der Waals surface area contributed by atoms with Crippen molar-refractivity contribution in [3.05, 3.63) is 52.6 Å². The molecule has 1 atom stereocenters. The molecule has 1 saturated heterocycles. The van der Waals surface area contributed by atoms with Gasteiger partial charge in [-0.25, -0.2) is 13.8 Å². The number of nitrogens with zero attached hydrogens (tertiary/aromatic N) is 2. The lowest BCUT2D eigenvalue weighted by molar-refractivity contribution is -0.128. The monoisotopic (exact) mass is 337 g/mol. The molecule has 1 aliphatic rings. The molecule has 1 fully saturated rings. The third kappa shape index (κ3) is 3.10. The lowest BCUT2D eigenvalue weighted by Gasteiger charge is -2.23. The minimum Gasteiger partial charge on any atom is -0.346 e. The molecule has 1 unspecified atom stereocenters. The Morgan fingerprint density at radius 2 is 2.22 bits per heavy atom. The van der Waals surface area contributed by atoms with Crippen LogP contribution in [0, 0.1) is 18.6 Å². The molecule has 2 aromatic rings. The summed E-state index contributed by atoms with van der Waals surface area (Å²) in [6.45, 7) is 3.94. The Labute approximate surface area is 137 Å². The molecule has 1 amide bonds. The standard InChI is InChI=1S/C16H17F2N3OS/c1-3-13-19-9(2)15(20-13)16-21(14(22)8-23-16)7-10-6-11(17)4-5-12(10)18/h4-6,16H,3,7-8H2,1-2H3,(H,19,20). The van der Waals surface area contributed by atoms with Crippen LogP contribution in [0.3, 0.4) is 0 Å². The summed E-state index contributed by atoms with van der Waals surface area (Å²) in [5, 5.41) is -0.276. The average Bonchev–Trinajstić information content (AvgIpc) is 3.06. The maximum Gasteiger partial charge on any atom is 0.234 e. The number of aryl methyl sites for hydroxylation is 2. The highest BCUT2D eigenvalue weighted by Crippen LogP contribution is 2.40. The first-order valence-corrected chi connectivity index (χ1v) is 8.44. The van der Waals surface area contributed by atoms with Crippen LogP contribution in [0.5, 0.6) is 0 Å². The molecule has 122 valence electrons. The number of amides is 1. The van der Waals surface area contributed by atoms with Gasteiger partial charge in [0.2, 0.25) is 5.91 Å². The molecule has 1 aromatic heterocycles. The van der Waals surface area contributed by atoms with Crippen molar-refractivity contribution >= 4 is 17.7 Å². The van der Waals surface area contributed by atoms with E-state index in [9.17, 15) is 13.6 Å². The number of carbonyl (C=O) groups excluding carboxylic acids is 1. The maximum atomic E-state index is 13.9. The predicted molar refractivity (Wildman–Crippen MR) is 84.8 cm³/mol. The Hall–Kier alpha value is -1.89. The van der Waals surface area contributed by atoms with E-state index in [2.05, 4.69) is 9.97 Å². The molecule has 0 spiro atoms. The van der Waals surface area contributed by atoms with Gasteiger partial charge in [-0.2, -0.15) is 0 Å². The van der Waals surface area contributed by atoms with Gasteiger partial charge in [-0.3, -0.25) is 4.79 Å². The molecule has 1 aliphatic heterocycles. The normalized spacial score (nSPS) is 18.0. The number of H-pyrrole nitrogens is 1. The van der Waals surface area contributed by atoms with Crippen LogP contribution in [0.2, 0.25) is 0 Å². The van der Waals surface area contributed by atoms with Crippen molar-refractivity contribution in [3.8, 4) is 0 Å². The van der Waals surface area contributed by atoms with E-state index < -0.39 is 11.6 Å². The van der Waals surface area contributed by atoms with Crippen LogP contribution in [0.15, 0.2) is 18.2 Å². The third-order valence-electron chi connectivity index (χ3n) is 3.86. The minimum absolute atomic E-state index is 0.0356. The van der Waals surface area contributed by atoms with Crippen molar-refractivity contribution in [2.75, 3.05) is 5.75 Å². The largest absolute Gasteiger partial charge is 0.346 e. The first-order chi connectivity index (χ1) is 11.0. The summed E-state index contributed by atoms with van der Waals surface area (Å²) in [5.41, 5.74) is 1.86. The summed E-state index contributed by atoms with van der Waals surface area (Å²) >= 11 is 1.46. The average molecular weight is 337 g/mol. The molecule has 7 heteroatoms. The van der Waals surface area contributed by atoms with E-state index in [4.69, 9.17) is 0 Å². The summed E-state index contributed by atoms with van der Waals surface area (Å²) in [4.78, 5) is 21.5. The van der Waals surface area contributed by atoms with E-state index in [1.54, 1.807) is 4.90 Å². The van der Waals surface area contributed by atoms with Crippen LogP contribution >= 0.6 is 11.8 Å². The van der Waals surface area contributed by atoms with Crippen LogP contribution in [0.25, 0.3) is 0 Å². The maximum absolute atomic E-state index is 13.9. The molecule has 0 saturated carbocycles. The second kappa shape index (κ2) is 6.31. The number of nitrogens with one attached hydrogen (secondary N) is 1. The van der Waals surface area contributed by atoms with Crippen LogP contribution in [-0.2, 0) is 17.8 Å². The highest BCUT2D eigenvalue weighted by molar-refractivity contribution is 8.00. The number of imidazole rings is 1. The predicted octanol–water partition coefficient (Wildman–Crippen LogP) is 3.33. The first-order valence-electron chi connectivity index (χ1n) is 7.40. The first kappa shape index (κ1) is 16.0. The number of carbonyl (C=O) groups is 1. The molecule has 1 N–H and O–H groups in total. The van der Waals surface area contributed by atoms with Crippen LogP contribution in [0.4, 0.5) is 8.78 Å². The van der Waals surface area contributed by atoms with Gasteiger partial charge in [-0.1, -0.05) is 6.92 Å². The second-order valence-electron chi connectivity index (χ2n) is 5.47. The van der Waals surface area contributed by atoms with Gasteiger partial charge in [0.15, 0.2) is 0 Å². The summed E-state index contributed by atoms with van der Waals surface area (Å²) in [5.74, 6) is 0.0535. The number of halogens is 2. The van der Waals surface area contributed by atoms with E-state index in [1.165, 1.54) is 11.8 Å². The van der Waals surface area contributed by atoms with Gasteiger partial charge in [0.1, 0.15) is 22.8 Å². The van der Waals surface area contributed by atoms with Gasteiger partial charge < -0.3 is 9.88 Å². The van der Waals surface area contributed by atoms with Gasteiger partial charge in [0.25, 0.3) is 0 Å². The summed E-state index contributed by atoms with van der Waals surface area (Å²) in [6.07, 6.45) is 0.769. The van der Waals surface area contributed by atoms with E-state index in [0.717, 1.165) is 41.8 Å². The fraction of sp³-hybridized carbons (Fsp3) is 0.375. The van der Waals surface area contributed by atoms with E-state index in [0.29, 0.717) is 5.75 Å². The molecule has 0 aliphatic carbocycles. The molecule has 3 rings (SSSR count). The van der Waals surface area contributed by atoms with Gasteiger partial charge in [-0.05, 0) is 25.1 Å². The number of rotatable bonds is 4. The van der Waals surface area contributed by atoms with Crippen LogP contribution in [0.1, 0.15) is 35.1 Å². The van der Waals surface area contributed by atoms with Crippen molar-refractivity contribution in [2.24, 2.45) is 0 Å². The lowest BCUT2D eigenvalue weighted by atomic mass is 10.2. The topological polar surface area (TPSA) is 49.0 Å². The summed E-state index contributed by atoms with van der Waals surface area (Å²) in [6, 6.07) is 3.29. The van der Waals surface area contributed by atoms with Crippen molar-refractivity contribution in [1.82, 2.24) is 14.9 Å². The number of aromatic amines is 1. The molecular weight excluding hydrogens is 320 g/mol. The van der Waals surface area contributed by atoms with Gasteiger partial charge >= 0.3 is 0 Å². The van der Waals surface area contributed by atoms with Crippen molar-refractivity contribution in [1.29, 1.82) is 0 Å². The fourth-order valence-corrected chi connectivity index (χ4v) is 3.87. The third-order valence-corrected chi connectivity index (χ3v) is 5.06. The molecule has 1 aromatic carbocycles. The zero-order chi connectivity index (χ0) is 16.6. The van der Waals surface area contributed by atoms with Crippen LogP contribution < -0.4 is 0 Å². The van der Waals surface area contributed by atoms with E-state index in [-0.39, 0.29) is 23.4 Å². The summed E-state index contributed by atoms with van der Waals surface area (Å²) < 4.78 is 27.2. The van der Waals surface area contributed by atoms with Crippen molar-refractivity contribution in [3.63, 3.8) is 0 Å². The molecule has 0 bridgehead atoms. The Bertz CT molecular complexity index is 747.